The summed E-state index contributed by atoms with van der Waals surface area (Å²) in [7, 11) is 1.61. The Kier molecular flexibility index (Phi) is 5.42. The van der Waals surface area contributed by atoms with Gasteiger partial charge in [-0.25, -0.2) is 0 Å². The number of rotatable bonds is 3. The van der Waals surface area contributed by atoms with Crippen molar-refractivity contribution in [3.05, 3.63) is 65.4 Å². The van der Waals surface area contributed by atoms with Gasteiger partial charge in [0.15, 0.2) is 0 Å². The van der Waals surface area contributed by atoms with Crippen molar-refractivity contribution in [3.8, 4) is 5.75 Å². The van der Waals surface area contributed by atoms with E-state index in [1.165, 1.54) is 0 Å². The van der Waals surface area contributed by atoms with Crippen LogP contribution in [0.4, 0.5) is 5.69 Å². The van der Waals surface area contributed by atoms with Gasteiger partial charge in [0.2, 0.25) is 0 Å². The molecule has 4 nitrogen and oxygen atoms in total. The minimum absolute atomic E-state index is 0. The quantitative estimate of drug-likeness (QED) is 0.760. The molecule has 0 atom stereocenters. The number of pyridine rings is 1. The van der Waals surface area contributed by atoms with Crippen LogP contribution in [-0.2, 0) is 0 Å². The summed E-state index contributed by atoms with van der Waals surface area (Å²) in [5.74, 6) is 0.603. The van der Waals surface area contributed by atoms with Crippen molar-refractivity contribution < 1.29 is 9.53 Å². The molecule has 0 radical (unpaired) electrons. The molecule has 0 saturated carbocycles. The van der Waals surface area contributed by atoms with Crippen molar-refractivity contribution in [3.63, 3.8) is 0 Å². The molecule has 124 valence electrons. The Balaban J connectivity index is 0.00000208. The molecule has 0 aliphatic carbocycles. The number of methoxy groups -OCH3 is 1. The predicted octanol–water partition coefficient (Wildman–Crippen LogP) is 4.53. The van der Waals surface area contributed by atoms with Gasteiger partial charge in [0, 0.05) is 11.1 Å². The Morgan fingerprint density at radius 1 is 1.04 bits per heavy atom. The molecule has 1 heterocycles. The molecule has 1 N–H and O–H groups in total. The Morgan fingerprint density at radius 2 is 1.71 bits per heavy atom. The van der Waals surface area contributed by atoms with Crippen molar-refractivity contribution in [2.45, 2.75) is 13.8 Å². The molecule has 3 rings (SSSR count). The molecule has 1 amide bonds. The molecule has 0 saturated heterocycles. The van der Waals surface area contributed by atoms with Crippen LogP contribution < -0.4 is 10.1 Å². The number of hydrogen-bond acceptors (Lipinski definition) is 3. The van der Waals surface area contributed by atoms with Crippen LogP contribution in [0.1, 0.15) is 21.6 Å². The van der Waals surface area contributed by atoms with Crippen molar-refractivity contribution in [1.82, 2.24) is 4.98 Å². The number of anilines is 1. The summed E-state index contributed by atoms with van der Waals surface area (Å²) in [5.41, 5.74) is 3.93. The number of halogens is 1. The third-order valence-electron chi connectivity index (χ3n) is 3.91. The van der Waals surface area contributed by atoms with Gasteiger partial charge >= 0.3 is 0 Å². The maximum atomic E-state index is 12.7. The number of ether oxygens (including phenoxy) is 1. The highest BCUT2D eigenvalue weighted by atomic mass is 35.5. The Bertz CT molecular complexity index is 876. The highest BCUT2D eigenvalue weighted by Crippen LogP contribution is 2.24. The third kappa shape index (κ3) is 3.34. The van der Waals surface area contributed by atoms with Crippen molar-refractivity contribution in [2.75, 3.05) is 12.4 Å². The lowest BCUT2D eigenvalue weighted by Crippen LogP contribution is -2.16. The molecule has 0 aliphatic rings. The fourth-order valence-electron chi connectivity index (χ4n) is 2.73. The zero-order chi connectivity index (χ0) is 16.4. The molecule has 24 heavy (non-hydrogen) atoms. The number of fused-ring (bicyclic) bond motifs is 1. The summed E-state index contributed by atoms with van der Waals surface area (Å²) in [6.45, 7) is 3.82. The second-order valence-electron chi connectivity index (χ2n) is 5.40. The lowest BCUT2D eigenvalue weighted by Gasteiger charge is -2.13. The SMILES string of the molecule is COc1ccc(NC(=O)c2c(C)nc3ccccc3c2C)cc1.Cl. The molecule has 0 bridgehead atoms. The van der Waals surface area contributed by atoms with Gasteiger partial charge in [-0.3, -0.25) is 9.78 Å². The second kappa shape index (κ2) is 7.32. The van der Waals surface area contributed by atoms with E-state index in [0.29, 0.717) is 5.56 Å². The van der Waals surface area contributed by atoms with Crippen LogP contribution in [0.2, 0.25) is 0 Å². The standard InChI is InChI=1S/C19H18N2O2.ClH/c1-12-16-6-4-5-7-17(16)20-13(2)18(12)19(22)21-14-8-10-15(23-3)11-9-14;/h4-11H,1-3H3,(H,21,22);1H. The molecule has 1 aromatic heterocycles. The highest BCUT2D eigenvalue weighted by molar-refractivity contribution is 6.08. The molecular weight excluding hydrogens is 324 g/mol. The van der Waals surface area contributed by atoms with Crippen LogP contribution in [0.15, 0.2) is 48.5 Å². The summed E-state index contributed by atoms with van der Waals surface area (Å²) >= 11 is 0. The number of nitrogens with zero attached hydrogens (tertiary/aromatic N) is 1. The van der Waals surface area contributed by atoms with Gasteiger partial charge in [0.25, 0.3) is 5.91 Å². The van der Waals surface area contributed by atoms with Gasteiger partial charge in [0.05, 0.1) is 23.9 Å². The zero-order valence-corrected chi connectivity index (χ0v) is 14.6. The van der Waals surface area contributed by atoms with Gasteiger partial charge in [0.1, 0.15) is 5.75 Å². The number of carbonyl (C=O) groups is 1. The molecule has 5 heteroatoms. The van der Waals surface area contributed by atoms with E-state index >= 15 is 0 Å². The number of amides is 1. The average Bonchev–Trinajstić information content (AvgIpc) is 2.55. The Morgan fingerprint density at radius 3 is 2.38 bits per heavy atom. The first kappa shape index (κ1) is 17.8. The summed E-state index contributed by atoms with van der Waals surface area (Å²) in [5, 5.41) is 3.92. The monoisotopic (exact) mass is 342 g/mol. The first-order valence-electron chi connectivity index (χ1n) is 7.41. The van der Waals surface area contributed by atoms with Crippen LogP contribution in [0.3, 0.4) is 0 Å². The minimum Gasteiger partial charge on any atom is -0.497 e. The topological polar surface area (TPSA) is 51.2 Å². The predicted molar refractivity (Wildman–Crippen MR) is 99.4 cm³/mol. The largest absolute Gasteiger partial charge is 0.497 e. The fraction of sp³-hybridized carbons (Fsp3) is 0.158. The number of aryl methyl sites for hydroxylation is 2. The van der Waals surface area contributed by atoms with Crippen molar-refractivity contribution in [2.24, 2.45) is 0 Å². The van der Waals surface area contributed by atoms with E-state index in [1.807, 2.05) is 62.4 Å². The molecule has 0 aliphatic heterocycles. The molecule has 3 aromatic rings. The smallest absolute Gasteiger partial charge is 0.257 e. The molecule has 0 unspecified atom stereocenters. The fourth-order valence-corrected chi connectivity index (χ4v) is 2.73. The Labute approximate surface area is 147 Å². The van der Waals surface area contributed by atoms with E-state index in [1.54, 1.807) is 7.11 Å². The van der Waals surface area contributed by atoms with Gasteiger partial charge < -0.3 is 10.1 Å². The number of carbonyl (C=O) groups excluding carboxylic acids is 1. The first-order valence-corrected chi connectivity index (χ1v) is 7.41. The van der Waals surface area contributed by atoms with Gasteiger partial charge in [-0.1, -0.05) is 18.2 Å². The summed E-state index contributed by atoms with van der Waals surface area (Å²) in [6, 6.07) is 15.1. The van der Waals surface area contributed by atoms with Crippen molar-refractivity contribution in [1.29, 1.82) is 0 Å². The van der Waals surface area contributed by atoms with Crippen LogP contribution >= 0.6 is 12.4 Å². The number of aromatic nitrogens is 1. The van der Waals surface area contributed by atoms with Crippen LogP contribution in [0.25, 0.3) is 10.9 Å². The minimum atomic E-state index is -0.150. The normalized spacial score (nSPS) is 10.1. The molecule has 2 aromatic carbocycles. The highest BCUT2D eigenvalue weighted by Gasteiger charge is 2.16. The van der Waals surface area contributed by atoms with Crippen LogP contribution in [0.5, 0.6) is 5.75 Å². The summed E-state index contributed by atoms with van der Waals surface area (Å²) in [6.07, 6.45) is 0. The molecule has 0 spiro atoms. The number of benzene rings is 2. The Hall–Kier alpha value is -2.59. The van der Waals surface area contributed by atoms with E-state index in [0.717, 1.165) is 33.6 Å². The summed E-state index contributed by atoms with van der Waals surface area (Å²) in [4.78, 5) is 17.2. The van der Waals surface area contributed by atoms with E-state index in [2.05, 4.69) is 10.3 Å². The molecule has 0 fully saturated rings. The van der Waals surface area contributed by atoms with E-state index in [9.17, 15) is 4.79 Å². The van der Waals surface area contributed by atoms with Crippen LogP contribution in [-0.4, -0.2) is 18.0 Å². The van der Waals surface area contributed by atoms with Gasteiger partial charge in [-0.15, -0.1) is 12.4 Å². The first-order chi connectivity index (χ1) is 11.1. The average molecular weight is 343 g/mol. The lowest BCUT2D eigenvalue weighted by atomic mass is 10.0. The summed E-state index contributed by atoms with van der Waals surface area (Å²) < 4.78 is 5.12. The maximum absolute atomic E-state index is 12.7. The number of nitrogens with one attached hydrogen (secondary N) is 1. The van der Waals surface area contributed by atoms with E-state index < -0.39 is 0 Å². The van der Waals surface area contributed by atoms with Gasteiger partial charge in [-0.05, 0) is 49.7 Å². The number of para-hydroxylation sites is 1. The van der Waals surface area contributed by atoms with Gasteiger partial charge in [-0.2, -0.15) is 0 Å². The lowest BCUT2D eigenvalue weighted by molar-refractivity contribution is 0.102. The number of hydrogen-bond donors (Lipinski definition) is 1. The third-order valence-corrected chi connectivity index (χ3v) is 3.91. The zero-order valence-electron chi connectivity index (χ0n) is 13.8. The van der Waals surface area contributed by atoms with E-state index in [4.69, 9.17) is 4.74 Å². The van der Waals surface area contributed by atoms with Crippen LogP contribution in [0, 0.1) is 13.8 Å². The second-order valence-corrected chi connectivity index (χ2v) is 5.40. The van der Waals surface area contributed by atoms with E-state index in [-0.39, 0.29) is 18.3 Å². The molecular formula is C19H19ClN2O2. The van der Waals surface area contributed by atoms with Crippen molar-refractivity contribution >= 4 is 34.9 Å². The maximum Gasteiger partial charge on any atom is 0.257 e.